The summed E-state index contributed by atoms with van der Waals surface area (Å²) in [5, 5.41) is 0. The molecule has 3 fully saturated rings. The van der Waals surface area contributed by atoms with Gasteiger partial charge < -0.3 is 19.1 Å². The molecule has 2 aromatic rings. The molecular weight excluding hydrogens is 382 g/mol. The molecule has 30 heavy (non-hydrogen) atoms. The third-order valence-corrected chi connectivity index (χ3v) is 6.85. The molecule has 6 nitrogen and oxygen atoms in total. The molecule has 0 spiro atoms. The fraction of sp³-hybridized carbons (Fsp3) is 0.333. The number of carbonyl (C=O) groups excluding carboxylic acids is 2. The van der Waals surface area contributed by atoms with E-state index in [4.69, 9.17) is 14.2 Å². The molecule has 6 atom stereocenters. The summed E-state index contributed by atoms with van der Waals surface area (Å²) in [5.41, 5.74) is 2.76. The zero-order chi connectivity index (χ0) is 20.4. The standard InChI is InChI=1S/C24H21NO5/c1-28-15-8-6-14(7-9-15)22(26)21-18-17-12-29-24(30-17)23(27)19(18)20-16-5-3-2-4-13(16)10-11-25(20)21/h2-11,17-21,24H,12H2,1H3/t17-,18+,19-,20+,21-,24+/m1/s1. The number of benzene rings is 2. The Morgan fingerprint density at radius 2 is 1.93 bits per heavy atom. The third kappa shape index (κ3) is 2.38. The maximum atomic E-state index is 13.7. The van der Waals surface area contributed by atoms with Gasteiger partial charge in [-0.05, 0) is 41.5 Å². The number of hydrogen-bond donors (Lipinski definition) is 0. The lowest BCUT2D eigenvalue weighted by Gasteiger charge is -2.34. The molecule has 6 heteroatoms. The molecule has 4 aliphatic rings. The van der Waals surface area contributed by atoms with Crippen molar-refractivity contribution in [3.8, 4) is 5.75 Å². The Labute approximate surface area is 174 Å². The van der Waals surface area contributed by atoms with Crippen molar-refractivity contribution >= 4 is 17.6 Å². The summed E-state index contributed by atoms with van der Waals surface area (Å²) in [7, 11) is 1.60. The minimum atomic E-state index is -0.814. The highest BCUT2D eigenvalue weighted by molar-refractivity contribution is 6.02. The van der Waals surface area contributed by atoms with E-state index in [1.807, 2.05) is 30.5 Å². The number of rotatable bonds is 3. The number of ketones is 2. The molecular formula is C24H21NO5. The molecule has 4 aliphatic heterocycles. The second-order valence-corrected chi connectivity index (χ2v) is 8.22. The first-order valence-electron chi connectivity index (χ1n) is 10.2. The molecule has 2 aromatic carbocycles. The Balaban J connectivity index is 1.47. The van der Waals surface area contributed by atoms with E-state index >= 15 is 0 Å². The van der Waals surface area contributed by atoms with Crippen molar-refractivity contribution in [2.24, 2.45) is 11.8 Å². The lowest BCUT2D eigenvalue weighted by molar-refractivity contribution is -0.164. The molecule has 6 rings (SSSR count). The fourth-order valence-corrected chi connectivity index (χ4v) is 5.55. The Morgan fingerprint density at radius 3 is 2.73 bits per heavy atom. The molecule has 0 N–H and O–H groups in total. The van der Waals surface area contributed by atoms with Gasteiger partial charge in [-0.1, -0.05) is 24.3 Å². The van der Waals surface area contributed by atoms with E-state index in [2.05, 4.69) is 11.0 Å². The Bertz CT molecular complexity index is 1060. The second-order valence-electron chi connectivity index (χ2n) is 8.22. The van der Waals surface area contributed by atoms with Gasteiger partial charge in [-0.3, -0.25) is 9.59 Å². The van der Waals surface area contributed by atoms with Crippen LogP contribution in [0.3, 0.4) is 0 Å². The average molecular weight is 403 g/mol. The molecule has 0 radical (unpaired) electrons. The van der Waals surface area contributed by atoms with E-state index < -0.39 is 12.3 Å². The molecule has 152 valence electrons. The van der Waals surface area contributed by atoms with Crippen molar-refractivity contribution in [2.45, 2.75) is 24.5 Å². The predicted molar refractivity (Wildman–Crippen MR) is 108 cm³/mol. The molecule has 2 bridgehead atoms. The van der Waals surface area contributed by atoms with Crippen molar-refractivity contribution in [1.29, 1.82) is 0 Å². The zero-order valence-electron chi connectivity index (χ0n) is 16.4. The summed E-state index contributed by atoms with van der Waals surface area (Å²) < 4.78 is 16.7. The van der Waals surface area contributed by atoms with E-state index in [1.54, 1.807) is 31.4 Å². The number of fused-ring (bicyclic) bond motifs is 8. The van der Waals surface area contributed by atoms with Crippen LogP contribution in [-0.2, 0) is 14.3 Å². The van der Waals surface area contributed by atoms with Gasteiger partial charge in [0.15, 0.2) is 11.6 Å². The summed E-state index contributed by atoms with van der Waals surface area (Å²) in [4.78, 5) is 29.1. The highest BCUT2D eigenvalue weighted by Gasteiger charge is 2.63. The summed E-state index contributed by atoms with van der Waals surface area (Å²) in [6.07, 6.45) is 2.92. The molecule has 4 heterocycles. The van der Waals surface area contributed by atoms with Crippen molar-refractivity contribution in [3.05, 3.63) is 71.4 Å². The monoisotopic (exact) mass is 403 g/mol. The van der Waals surface area contributed by atoms with Gasteiger partial charge in [0.25, 0.3) is 0 Å². The van der Waals surface area contributed by atoms with E-state index in [0.717, 1.165) is 11.1 Å². The Hall–Kier alpha value is -2.96. The van der Waals surface area contributed by atoms with Crippen molar-refractivity contribution in [1.82, 2.24) is 4.90 Å². The van der Waals surface area contributed by atoms with Gasteiger partial charge >= 0.3 is 0 Å². The number of carbonyl (C=O) groups is 2. The highest BCUT2D eigenvalue weighted by atomic mass is 16.7. The van der Waals surface area contributed by atoms with Crippen LogP contribution in [-0.4, -0.2) is 48.6 Å². The van der Waals surface area contributed by atoms with Crippen LogP contribution in [0.4, 0.5) is 0 Å². The quantitative estimate of drug-likeness (QED) is 0.735. The smallest absolute Gasteiger partial charge is 0.218 e. The lowest BCUT2D eigenvalue weighted by atomic mass is 9.75. The SMILES string of the molecule is COc1ccc(C(=O)[C@H]2[C@@H]3[C@@H](C(=O)[C@H]4OC[C@H]3O4)[C@@H]3c4ccccc4C=CN23)cc1. The van der Waals surface area contributed by atoms with Crippen LogP contribution in [0.25, 0.3) is 6.08 Å². The van der Waals surface area contributed by atoms with Gasteiger partial charge in [0.05, 0.1) is 37.8 Å². The van der Waals surface area contributed by atoms with E-state index in [1.165, 1.54) is 0 Å². The first kappa shape index (κ1) is 17.9. The summed E-state index contributed by atoms with van der Waals surface area (Å²) in [6, 6.07) is 14.5. The molecule has 0 unspecified atom stereocenters. The normalized spacial score (nSPS) is 33.1. The maximum absolute atomic E-state index is 13.7. The molecule has 0 amide bonds. The second kappa shape index (κ2) is 6.52. The minimum absolute atomic E-state index is 0.0130. The van der Waals surface area contributed by atoms with E-state index in [-0.39, 0.29) is 35.5 Å². The van der Waals surface area contributed by atoms with E-state index in [9.17, 15) is 9.59 Å². The number of nitrogens with zero attached hydrogens (tertiary/aromatic N) is 1. The van der Waals surface area contributed by atoms with E-state index in [0.29, 0.717) is 17.9 Å². The third-order valence-electron chi connectivity index (χ3n) is 6.85. The van der Waals surface area contributed by atoms with Gasteiger partial charge in [-0.25, -0.2) is 0 Å². The average Bonchev–Trinajstić information content (AvgIpc) is 3.38. The van der Waals surface area contributed by atoms with Crippen LogP contribution in [0.1, 0.15) is 27.5 Å². The van der Waals surface area contributed by atoms with Gasteiger partial charge in [-0.2, -0.15) is 0 Å². The Morgan fingerprint density at radius 1 is 1.13 bits per heavy atom. The first-order valence-corrected chi connectivity index (χ1v) is 10.2. The van der Waals surface area contributed by atoms with Crippen LogP contribution < -0.4 is 4.74 Å². The predicted octanol–water partition coefficient (Wildman–Crippen LogP) is 2.84. The minimum Gasteiger partial charge on any atom is -0.497 e. The van der Waals surface area contributed by atoms with Crippen LogP contribution in [0.15, 0.2) is 54.7 Å². The number of methoxy groups -OCH3 is 1. The van der Waals surface area contributed by atoms with Crippen LogP contribution in [0.2, 0.25) is 0 Å². The number of Topliss-reactive ketones (excluding diaryl/α,β-unsaturated/α-hetero) is 2. The molecule has 0 saturated carbocycles. The number of hydrogen-bond acceptors (Lipinski definition) is 6. The van der Waals surface area contributed by atoms with Crippen molar-refractivity contribution in [3.63, 3.8) is 0 Å². The maximum Gasteiger partial charge on any atom is 0.218 e. The topological polar surface area (TPSA) is 65.1 Å². The first-order chi connectivity index (χ1) is 14.7. The summed E-state index contributed by atoms with van der Waals surface area (Å²) >= 11 is 0. The van der Waals surface area contributed by atoms with Gasteiger partial charge in [-0.15, -0.1) is 0 Å². The van der Waals surface area contributed by atoms with Crippen molar-refractivity contribution in [2.75, 3.05) is 13.7 Å². The Kier molecular flexibility index (Phi) is 3.88. The molecule has 3 saturated heterocycles. The fourth-order valence-electron chi connectivity index (χ4n) is 5.55. The molecule has 0 aliphatic carbocycles. The van der Waals surface area contributed by atoms with Crippen LogP contribution >= 0.6 is 0 Å². The van der Waals surface area contributed by atoms with Crippen LogP contribution in [0, 0.1) is 11.8 Å². The lowest BCUT2D eigenvalue weighted by Crippen LogP contribution is -2.48. The van der Waals surface area contributed by atoms with Gasteiger partial charge in [0, 0.05) is 17.7 Å². The largest absolute Gasteiger partial charge is 0.497 e. The number of ether oxygens (including phenoxy) is 3. The summed E-state index contributed by atoms with van der Waals surface area (Å²) in [5.74, 6) is 0.0322. The van der Waals surface area contributed by atoms with Crippen LogP contribution in [0.5, 0.6) is 5.75 Å². The van der Waals surface area contributed by atoms with Gasteiger partial charge in [0.1, 0.15) is 5.75 Å². The summed E-state index contributed by atoms with van der Waals surface area (Å²) in [6.45, 7) is 0.343. The zero-order valence-corrected chi connectivity index (χ0v) is 16.4. The van der Waals surface area contributed by atoms with Crippen molar-refractivity contribution < 1.29 is 23.8 Å². The molecule has 0 aromatic heterocycles. The highest BCUT2D eigenvalue weighted by Crippen LogP contribution is 2.54. The van der Waals surface area contributed by atoms with Gasteiger partial charge in [0.2, 0.25) is 6.29 Å².